The molecule has 0 aliphatic carbocycles. The minimum absolute atomic E-state index is 0.0945. The minimum atomic E-state index is -0.0945. The summed E-state index contributed by atoms with van der Waals surface area (Å²) in [6.45, 7) is 3.63. The largest absolute Gasteiger partial charge is 0.277 e. The molecule has 2 nitrogen and oxygen atoms in total. The number of halogens is 1. The molecule has 1 amide bonds. The fourth-order valence-corrected chi connectivity index (χ4v) is 3.05. The third-order valence-electron chi connectivity index (χ3n) is 3.57. The molecule has 0 unspecified atom stereocenters. The van der Waals surface area contributed by atoms with Crippen LogP contribution >= 0.6 is 15.9 Å². The van der Waals surface area contributed by atoms with Crippen LogP contribution in [0.4, 0.5) is 11.4 Å². The van der Waals surface area contributed by atoms with Crippen LogP contribution in [0.25, 0.3) is 0 Å². The van der Waals surface area contributed by atoms with Crippen molar-refractivity contribution in [1.29, 1.82) is 0 Å². The van der Waals surface area contributed by atoms with Crippen molar-refractivity contribution in [2.45, 2.75) is 12.8 Å². The summed E-state index contributed by atoms with van der Waals surface area (Å²) in [6, 6.07) is 14.1. The van der Waals surface area contributed by atoms with Crippen molar-refractivity contribution in [3.8, 4) is 0 Å². The second-order valence-corrected chi connectivity index (χ2v) is 5.70. The van der Waals surface area contributed by atoms with Gasteiger partial charge in [-0.2, -0.15) is 0 Å². The summed E-state index contributed by atoms with van der Waals surface area (Å²) in [5.74, 6) is -0.0945. The summed E-state index contributed by atoms with van der Waals surface area (Å²) in [4.78, 5) is 14.1. The van der Waals surface area contributed by atoms with E-state index in [1.807, 2.05) is 30.3 Å². The first kappa shape index (κ1) is 13.1. The second kappa shape index (κ2) is 5.25. The predicted molar refractivity (Wildman–Crippen MR) is 85.3 cm³/mol. The predicted octanol–water partition coefficient (Wildman–Crippen LogP) is 4.40. The molecule has 100 valence electrons. The van der Waals surface area contributed by atoms with E-state index in [9.17, 15) is 4.79 Å². The fraction of sp³-hybridized carbons (Fsp3) is 0.118. The van der Waals surface area contributed by atoms with Gasteiger partial charge < -0.3 is 0 Å². The Hall–Kier alpha value is -1.87. The molecule has 0 N–H and O–H groups in total. The average molecular weight is 328 g/mol. The van der Waals surface area contributed by atoms with Crippen molar-refractivity contribution in [2.75, 3.05) is 4.90 Å². The van der Waals surface area contributed by atoms with Crippen molar-refractivity contribution in [2.24, 2.45) is 0 Å². The molecular formula is C17H14BrNO. The van der Waals surface area contributed by atoms with Gasteiger partial charge in [0.15, 0.2) is 0 Å². The number of nitrogens with zero attached hydrogens (tertiary/aromatic N) is 1. The van der Waals surface area contributed by atoms with Crippen LogP contribution in [0.15, 0.2) is 59.6 Å². The lowest BCUT2D eigenvalue weighted by Crippen LogP contribution is -2.24. The quantitative estimate of drug-likeness (QED) is 0.711. The Morgan fingerprint density at radius 2 is 1.80 bits per heavy atom. The number of amides is 1. The molecule has 0 aromatic heterocycles. The molecule has 1 aliphatic heterocycles. The van der Waals surface area contributed by atoms with Crippen molar-refractivity contribution < 1.29 is 4.79 Å². The van der Waals surface area contributed by atoms with Gasteiger partial charge in [0.25, 0.3) is 5.91 Å². The molecule has 1 heterocycles. The highest BCUT2D eigenvalue weighted by molar-refractivity contribution is 9.10. The fourth-order valence-electron chi connectivity index (χ4n) is 2.64. The van der Waals surface area contributed by atoms with Crippen LogP contribution in [0.5, 0.6) is 0 Å². The third kappa shape index (κ3) is 2.18. The van der Waals surface area contributed by atoms with Gasteiger partial charge in [0.2, 0.25) is 0 Å². The summed E-state index contributed by atoms with van der Waals surface area (Å²) in [7, 11) is 0. The molecule has 0 saturated carbocycles. The summed E-state index contributed by atoms with van der Waals surface area (Å²) in [5.41, 5.74) is 4.27. The Balaban J connectivity index is 2.24. The van der Waals surface area contributed by atoms with E-state index in [4.69, 9.17) is 0 Å². The van der Waals surface area contributed by atoms with E-state index in [1.54, 1.807) is 4.90 Å². The van der Waals surface area contributed by atoms with Crippen LogP contribution in [0.3, 0.4) is 0 Å². The molecule has 0 spiro atoms. The highest BCUT2D eigenvalue weighted by atomic mass is 79.9. The number of carbonyl (C=O) groups excluding carboxylic acids is 1. The van der Waals surface area contributed by atoms with Gasteiger partial charge in [0, 0.05) is 4.47 Å². The zero-order valence-corrected chi connectivity index (χ0v) is 12.6. The molecule has 0 atom stereocenters. The summed E-state index contributed by atoms with van der Waals surface area (Å²) in [5, 5.41) is 0. The maximum absolute atomic E-state index is 12.3. The molecule has 0 radical (unpaired) electrons. The topological polar surface area (TPSA) is 20.3 Å². The minimum Gasteiger partial charge on any atom is -0.277 e. The first-order chi connectivity index (χ1) is 9.70. The highest BCUT2D eigenvalue weighted by Crippen LogP contribution is 2.37. The zero-order chi connectivity index (χ0) is 14.1. The van der Waals surface area contributed by atoms with Crippen molar-refractivity contribution in [3.05, 3.63) is 70.7 Å². The second-order valence-electron chi connectivity index (χ2n) is 4.78. The first-order valence-electron chi connectivity index (χ1n) is 6.53. The highest BCUT2D eigenvalue weighted by Gasteiger charge is 2.24. The van der Waals surface area contributed by atoms with E-state index < -0.39 is 0 Å². The maximum Gasteiger partial charge on any atom is 0.254 e. The van der Waals surface area contributed by atoms with E-state index in [0.717, 1.165) is 28.7 Å². The van der Waals surface area contributed by atoms with Gasteiger partial charge in [-0.1, -0.05) is 40.7 Å². The molecule has 3 rings (SSSR count). The number of hydrogen-bond acceptors (Lipinski definition) is 1. The van der Waals surface area contributed by atoms with Gasteiger partial charge in [0.05, 0.1) is 11.4 Å². The van der Waals surface area contributed by atoms with Crippen LogP contribution in [0, 0.1) is 0 Å². The molecule has 20 heavy (non-hydrogen) atoms. The lowest BCUT2D eigenvalue weighted by atomic mass is 10.0. The number of benzene rings is 2. The number of para-hydroxylation sites is 1. The molecule has 2 aromatic rings. The van der Waals surface area contributed by atoms with Gasteiger partial charge in [-0.25, -0.2) is 0 Å². The maximum atomic E-state index is 12.3. The Morgan fingerprint density at radius 3 is 2.60 bits per heavy atom. The SMILES string of the molecule is C=CC(=O)N1c2ccccc2CCc2cc(Br)ccc21. The molecule has 2 aromatic carbocycles. The van der Waals surface area contributed by atoms with E-state index in [2.05, 4.69) is 34.6 Å². The van der Waals surface area contributed by atoms with Crippen molar-refractivity contribution in [3.63, 3.8) is 0 Å². The number of aryl methyl sites for hydroxylation is 2. The molecule has 0 fully saturated rings. The summed E-state index contributed by atoms with van der Waals surface area (Å²) < 4.78 is 1.04. The first-order valence-corrected chi connectivity index (χ1v) is 7.33. The lowest BCUT2D eigenvalue weighted by Gasteiger charge is -2.23. The number of anilines is 2. The molecule has 0 saturated heterocycles. The monoisotopic (exact) mass is 327 g/mol. The zero-order valence-electron chi connectivity index (χ0n) is 11.0. The van der Waals surface area contributed by atoms with Crippen LogP contribution in [-0.2, 0) is 17.6 Å². The number of hydrogen-bond donors (Lipinski definition) is 0. The van der Waals surface area contributed by atoms with Gasteiger partial charge in [0.1, 0.15) is 0 Å². The van der Waals surface area contributed by atoms with Crippen molar-refractivity contribution >= 4 is 33.2 Å². The third-order valence-corrected chi connectivity index (χ3v) is 4.07. The van der Waals surface area contributed by atoms with E-state index in [-0.39, 0.29) is 5.91 Å². The average Bonchev–Trinajstić information content (AvgIpc) is 2.63. The Labute approximate surface area is 126 Å². The van der Waals surface area contributed by atoms with Crippen LogP contribution in [-0.4, -0.2) is 5.91 Å². The summed E-state index contributed by atoms with van der Waals surface area (Å²) >= 11 is 3.50. The molecule has 1 aliphatic rings. The lowest BCUT2D eigenvalue weighted by molar-refractivity contribution is -0.113. The Morgan fingerprint density at radius 1 is 1.10 bits per heavy atom. The van der Waals surface area contributed by atoms with E-state index >= 15 is 0 Å². The van der Waals surface area contributed by atoms with Crippen LogP contribution < -0.4 is 4.90 Å². The van der Waals surface area contributed by atoms with Crippen LogP contribution in [0.1, 0.15) is 11.1 Å². The molecule has 0 bridgehead atoms. The van der Waals surface area contributed by atoms with Gasteiger partial charge in [-0.3, -0.25) is 9.69 Å². The van der Waals surface area contributed by atoms with E-state index in [0.29, 0.717) is 0 Å². The molecular weight excluding hydrogens is 314 g/mol. The summed E-state index contributed by atoms with van der Waals surface area (Å²) in [6.07, 6.45) is 3.22. The normalized spacial score (nSPS) is 13.2. The Bertz CT molecular complexity index is 693. The Kier molecular flexibility index (Phi) is 3.45. The number of fused-ring (bicyclic) bond motifs is 2. The van der Waals surface area contributed by atoms with Gasteiger partial charge in [-0.15, -0.1) is 0 Å². The van der Waals surface area contributed by atoms with Gasteiger partial charge in [-0.05, 0) is 54.3 Å². The van der Waals surface area contributed by atoms with Crippen molar-refractivity contribution in [1.82, 2.24) is 0 Å². The van der Waals surface area contributed by atoms with Gasteiger partial charge >= 0.3 is 0 Å². The van der Waals surface area contributed by atoms with E-state index in [1.165, 1.54) is 17.2 Å². The van der Waals surface area contributed by atoms with Crippen LogP contribution in [0.2, 0.25) is 0 Å². The number of carbonyl (C=O) groups is 1. The smallest absolute Gasteiger partial charge is 0.254 e. The molecule has 3 heteroatoms. The standard InChI is InChI=1S/C17H14BrNO/c1-2-17(20)19-15-6-4-3-5-12(15)7-8-13-11-14(18)9-10-16(13)19/h2-6,9-11H,1,7-8H2. The number of rotatable bonds is 1.